The molecule has 0 aliphatic heterocycles. The van der Waals surface area contributed by atoms with Crippen molar-refractivity contribution in [2.75, 3.05) is 6.54 Å². The molecule has 2 aromatic rings. The molecule has 5 nitrogen and oxygen atoms in total. The van der Waals surface area contributed by atoms with E-state index in [0.29, 0.717) is 30.6 Å². The van der Waals surface area contributed by atoms with E-state index in [1.807, 2.05) is 22.4 Å². The van der Waals surface area contributed by atoms with Crippen LogP contribution in [0.25, 0.3) is 10.7 Å². The molecular weight excluding hydrogens is 310 g/mol. The molecule has 1 aliphatic carbocycles. The van der Waals surface area contributed by atoms with Crippen molar-refractivity contribution in [3.63, 3.8) is 0 Å². The fourth-order valence-corrected chi connectivity index (χ4v) is 3.90. The third kappa shape index (κ3) is 3.99. The molecule has 0 atom stereocenters. The topological polar surface area (TPSA) is 59.2 Å². The first-order chi connectivity index (χ1) is 11.3. The Bertz CT molecular complexity index is 618. The number of hydrogen-bond acceptors (Lipinski definition) is 5. The standard InChI is InChI=1S/C17H23N3O2S/c1-2-20(13-7-4-3-5-8-13)16(21)11-10-15-18-17(19-22-15)14-9-6-12-23-14/h6,9,12-13H,2-5,7-8,10-11H2,1H3. The second kappa shape index (κ2) is 7.73. The fraction of sp³-hybridized carbons (Fsp3) is 0.588. The summed E-state index contributed by atoms with van der Waals surface area (Å²) >= 11 is 1.58. The van der Waals surface area contributed by atoms with Crippen LogP contribution >= 0.6 is 11.3 Å². The van der Waals surface area contributed by atoms with E-state index in [1.165, 1.54) is 19.3 Å². The molecule has 0 saturated heterocycles. The average molecular weight is 333 g/mol. The van der Waals surface area contributed by atoms with Crippen LogP contribution in [-0.4, -0.2) is 33.5 Å². The van der Waals surface area contributed by atoms with Crippen molar-refractivity contribution in [2.24, 2.45) is 0 Å². The van der Waals surface area contributed by atoms with Gasteiger partial charge in [-0.15, -0.1) is 11.3 Å². The van der Waals surface area contributed by atoms with E-state index in [4.69, 9.17) is 4.52 Å². The predicted octanol–water partition coefficient (Wildman–Crippen LogP) is 3.91. The number of aromatic nitrogens is 2. The van der Waals surface area contributed by atoms with E-state index in [2.05, 4.69) is 17.1 Å². The summed E-state index contributed by atoms with van der Waals surface area (Å²) in [6.07, 6.45) is 7.02. The molecule has 1 amide bonds. The molecule has 0 radical (unpaired) electrons. The van der Waals surface area contributed by atoms with Crippen molar-refractivity contribution < 1.29 is 9.32 Å². The summed E-state index contributed by atoms with van der Waals surface area (Å²) < 4.78 is 5.27. The highest BCUT2D eigenvalue weighted by Crippen LogP contribution is 2.24. The number of carbonyl (C=O) groups is 1. The second-order valence-corrected chi connectivity index (χ2v) is 6.91. The van der Waals surface area contributed by atoms with E-state index in [9.17, 15) is 4.79 Å². The molecule has 2 heterocycles. The third-order valence-electron chi connectivity index (χ3n) is 4.44. The molecule has 0 bridgehead atoms. The molecule has 23 heavy (non-hydrogen) atoms. The molecular formula is C17H23N3O2S. The predicted molar refractivity (Wildman–Crippen MR) is 90.2 cm³/mol. The SMILES string of the molecule is CCN(C(=O)CCc1nc(-c2cccs2)no1)C1CCCCC1. The molecule has 0 N–H and O–H groups in total. The van der Waals surface area contributed by atoms with Gasteiger partial charge in [-0.1, -0.05) is 30.5 Å². The van der Waals surface area contributed by atoms with Crippen molar-refractivity contribution in [3.8, 4) is 10.7 Å². The first-order valence-corrected chi connectivity index (χ1v) is 9.32. The van der Waals surface area contributed by atoms with Crippen molar-refractivity contribution in [1.29, 1.82) is 0 Å². The van der Waals surface area contributed by atoms with Gasteiger partial charge in [0.05, 0.1) is 4.88 Å². The normalized spacial score (nSPS) is 15.7. The van der Waals surface area contributed by atoms with Crippen LogP contribution in [0, 0.1) is 0 Å². The van der Waals surface area contributed by atoms with Crippen molar-refractivity contribution >= 4 is 17.2 Å². The van der Waals surface area contributed by atoms with Crippen LogP contribution in [0.4, 0.5) is 0 Å². The van der Waals surface area contributed by atoms with Gasteiger partial charge in [0.2, 0.25) is 17.6 Å². The van der Waals surface area contributed by atoms with Gasteiger partial charge >= 0.3 is 0 Å². The van der Waals surface area contributed by atoms with Gasteiger partial charge < -0.3 is 9.42 Å². The van der Waals surface area contributed by atoms with Gasteiger partial charge in [-0.3, -0.25) is 4.79 Å². The van der Waals surface area contributed by atoms with Gasteiger partial charge in [0.1, 0.15) is 0 Å². The van der Waals surface area contributed by atoms with Crippen LogP contribution in [-0.2, 0) is 11.2 Å². The van der Waals surface area contributed by atoms with Crippen LogP contribution in [0.15, 0.2) is 22.0 Å². The highest BCUT2D eigenvalue weighted by atomic mass is 32.1. The Hall–Kier alpha value is -1.69. The Labute approximate surface area is 140 Å². The Morgan fingerprint density at radius 3 is 2.91 bits per heavy atom. The van der Waals surface area contributed by atoms with Gasteiger partial charge in [-0.25, -0.2) is 0 Å². The lowest BCUT2D eigenvalue weighted by molar-refractivity contribution is -0.134. The summed E-state index contributed by atoms with van der Waals surface area (Å²) in [4.78, 5) is 19.9. The number of rotatable bonds is 6. The lowest BCUT2D eigenvalue weighted by atomic mass is 9.94. The minimum atomic E-state index is 0.204. The van der Waals surface area contributed by atoms with Crippen LogP contribution < -0.4 is 0 Å². The fourth-order valence-electron chi connectivity index (χ4n) is 3.25. The van der Waals surface area contributed by atoms with Gasteiger partial charge in [0, 0.05) is 25.4 Å². The summed E-state index contributed by atoms with van der Waals surface area (Å²) in [5, 5.41) is 5.98. The molecule has 0 spiro atoms. The molecule has 0 aromatic carbocycles. The van der Waals surface area contributed by atoms with E-state index in [1.54, 1.807) is 11.3 Å². The number of nitrogens with zero attached hydrogens (tertiary/aromatic N) is 3. The Balaban J connectivity index is 1.55. The number of amides is 1. The van der Waals surface area contributed by atoms with E-state index >= 15 is 0 Å². The number of hydrogen-bond donors (Lipinski definition) is 0. The Morgan fingerprint density at radius 2 is 2.22 bits per heavy atom. The summed E-state index contributed by atoms with van der Waals surface area (Å²) in [6.45, 7) is 2.85. The quantitative estimate of drug-likeness (QED) is 0.804. The zero-order valence-corrected chi connectivity index (χ0v) is 14.3. The summed E-state index contributed by atoms with van der Waals surface area (Å²) in [6, 6.07) is 4.35. The maximum absolute atomic E-state index is 12.5. The first-order valence-electron chi connectivity index (χ1n) is 8.44. The van der Waals surface area contributed by atoms with Crippen LogP contribution in [0.1, 0.15) is 51.3 Å². The summed E-state index contributed by atoms with van der Waals surface area (Å²) in [7, 11) is 0. The summed E-state index contributed by atoms with van der Waals surface area (Å²) in [5.41, 5.74) is 0. The molecule has 1 aliphatic rings. The Morgan fingerprint density at radius 1 is 1.39 bits per heavy atom. The zero-order valence-electron chi connectivity index (χ0n) is 13.5. The lowest BCUT2D eigenvalue weighted by Crippen LogP contribution is -2.41. The lowest BCUT2D eigenvalue weighted by Gasteiger charge is -2.33. The van der Waals surface area contributed by atoms with Crippen molar-refractivity contribution in [2.45, 2.75) is 57.9 Å². The minimum Gasteiger partial charge on any atom is -0.340 e. The largest absolute Gasteiger partial charge is 0.340 e. The van der Waals surface area contributed by atoms with Crippen LogP contribution in [0.2, 0.25) is 0 Å². The van der Waals surface area contributed by atoms with E-state index in [0.717, 1.165) is 24.3 Å². The molecule has 1 saturated carbocycles. The maximum atomic E-state index is 12.5. The highest BCUT2D eigenvalue weighted by molar-refractivity contribution is 7.13. The average Bonchev–Trinajstić information content (AvgIpc) is 3.26. The number of aryl methyl sites for hydroxylation is 1. The number of thiophene rings is 1. The highest BCUT2D eigenvalue weighted by Gasteiger charge is 2.24. The monoisotopic (exact) mass is 333 g/mol. The maximum Gasteiger partial charge on any atom is 0.227 e. The van der Waals surface area contributed by atoms with Gasteiger partial charge in [-0.2, -0.15) is 4.98 Å². The van der Waals surface area contributed by atoms with Crippen LogP contribution in [0.5, 0.6) is 0 Å². The summed E-state index contributed by atoms with van der Waals surface area (Å²) in [5.74, 6) is 1.36. The molecule has 0 unspecified atom stereocenters. The van der Waals surface area contributed by atoms with Crippen LogP contribution in [0.3, 0.4) is 0 Å². The van der Waals surface area contributed by atoms with Crippen molar-refractivity contribution in [1.82, 2.24) is 15.0 Å². The molecule has 1 fully saturated rings. The van der Waals surface area contributed by atoms with Gasteiger partial charge in [0.25, 0.3) is 0 Å². The second-order valence-electron chi connectivity index (χ2n) is 5.96. The van der Waals surface area contributed by atoms with Gasteiger partial charge in [0.15, 0.2) is 0 Å². The van der Waals surface area contributed by atoms with Crippen molar-refractivity contribution in [3.05, 3.63) is 23.4 Å². The molecule has 2 aromatic heterocycles. The third-order valence-corrected chi connectivity index (χ3v) is 5.30. The Kier molecular flexibility index (Phi) is 5.43. The molecule has 6 heteroatoms. The van der Waals surface area contributed by atoms with E-state index in [-0.39, 0.29) is 5.91 Å². The number of carbonyl (C=O) groups excluding carboxylic acids is 1. The van der Waals surface area contributed by atoms with Gasteiger partial charge in [-0.05, 0) is 31.2 Å². The molecule has 124 valence electrons. The first kappa shape index (κ1) is 16.2. The molecule has 3 rings (SSSR count). The zero-order chi connectivity index (χ0) is 16.1. The smallest absolute Gasteiger partial charge is 0.227 e. The minimum absolute atomic E-state index is 0.204. The van der Waals surface area contributed by atoms with E-state index < -0.39 is 0 Å².